The number of ether oxygens (including phenoxy) is 1. The van der Waals surface area contributed by atoms with Crippen molar-refractivity contribution in [2.45, 2.75) is 13.3 Å². The molecule has 0 unspecified atom stereocenters. The van der Waals surface area contributed by atoms with Crippen LogP contribution in [0.3, 0.4) is 0 Å². The average molecular weight is 383 g/mol. The normalized spacial score (nSPS) is 10.6. The molecule has 0 aliphatic heterocycles. The third-order valence-corrected chi connectivity index (χ3v) is 4.38. The van der Waals surface area contributed by atoms with E-state index in [1.54, 1.807) is 19.2 Å². The number of non-ortho nitro benzene ring substituents is 1. The molecule has 0 bridgehead atoms. The van der Waals surface area contributed by atoms with Crippen LogP contribution in [-0.2, 0) is 11.2 Å². The Bertz CT molecular complexity index is 1100. The number of aromatic nitrogens is 1. The first-order valence-electron chi connectivity index (χ1n) is 8.27. The molecule has 144 valence electrons. The molecule has 1 heterocycles. The maximum atomic E-state index is 12.6. The van der Waals surface area contributed by atoms with Gasteiger partial charge in [-0.2, -0.15) is 0 Å². The summed E-state index contributed by atoms with van der Waals surface area (Å²) in [4.78, 5) is 37.4. The van der Waals surface area contributed by atoms with Gasteiger partial charge in [0.05, 0.1) is 29.7 Å². The molecule has 3 N–H and O–H groups in total. The van der Waals surface area contributed by atoms with Crippen molar-refractivity contribution >= 4 is 34.2 Å². The van der Waals surface area contributed by atoms with Gasteiger partial charge in [-0.05, 0) is 36.8 Å². The lowest BCUT2D eigenvalue weighted by Gasteiger charge is -2.09. The van der Waals surface area contributed by atoms with E-state index in [9.17, 15) is 24.8 Å². The molecule has 9 heteroatoms. The van der Waals surface area contributed by atoms with E-state index in [1.807, 2.05) is 13.0 Å². The quantitative estimate of drug-likeness (QED) is 0.442. The summed E-state index contributed by atoms with van der Waals surface area (Å²) in [6, 6.07) is 8.65. The Hall–Kier alpha value is -3.88. The first kappa shape index (κ1) is 18.9. The van der Waals surface area contributed by atoms with Crippen molar-refractivity contribution in [3.8, 4) is 5.75 Å². The third-order valence-electron chi connectivity index (χ3n) is 4.38. The van der Waals surface area contributed by atoms with Crippen LogP contribution in [0.25, 0.3) is 10.9 Å². The van der Waals surface area contributed by atoms with Crippen LogP contribution in [0.1, 0.15) is 21.6 Å². The molecule has 0 saturated carbocycles. The topological polar surface area (TPSA) is 135 Å². The van der Waals surface area contributed by atoms with Gasteiger partial charge in [0.1, 0.15) is 5.75 Å². The number of benzene rings is 2. The molecular formula is C19H17N3O6. The molecule has 0 aliphatic carbocycles. The zero-order chi connectivity index (χ0) is 20.4. The number of amides is 1. The molecule has 0 radical (unpaired) electrons. The highest BCUT2D eigenvalue weighted by Gasteiger charge is 2.19. The van der Waals surface area contributed by atoms with Crippen LogP contribution in [0.2, 0.25) is 0 Å². The number of fused-ring (bicyclic) bond motifs is 1. The van der Waals surface area contributed by atoms with Gasteiger partial charge in [0.15, 0.2) is 0 Å². The van der Waals surface area contributed by atoms with Crippen molar-refractivity contribution in [1.29, 1.82) is 0 Å². The summed E-state index contributed by atoms with van der Waals surface area (Å²) >= 11 is 0. The van der Waals surface area contributed by atoms with Crippen LogP contribution < -0.4 is 10.1 Å². The molecule has 3 aromatic rings. The molecule has 9 nitrogen and oxygen atoms in total. The number of nitro groups is 1. The molecule has 0 atom stereocenters. The van der Waals surface area contributed by atoms with Gasteiger partial charge in [0.25, 0.3) is 5.69 Å². The van der Waals surface area contributed by atoms with Gasteiger partial charge >= 0.3 is 5.97 Å². The number of nitrogens with one attached hydrogen (secondary N) is 2. The summed E-state index contributed by atoms with van der Waals surface area (Å²) in [7, 11) is 1.54. The molecule has 3 rings (SSSR count). The first-order chi connectivity index (χ1) is 13.3. The summed E-state index contributed by atoms with van der Waals surface area (Å²) in [6.07, 6.45) is -0.0409. The molecular weight excluding hydrogens is 366 g/mol. The Balaban J connectivity index is 1.92. The summed E-state index contributed by atoms with van der Waals surface area (Å²) in [5.74, 6) is -1.15. The number of nitrogens with zero attached hydrogens (tertiary/aromatic N) is 1. The predicted octanol–water partition coefficient (Wildman–Crippen LogP) is 3.27. The summed E-state index contributed by atoms with van der Waals surface area (Å²) in [6.45, 7) is 1.82. The van der Waals surface area contributed by atoms with Crippen LogP contribution in [-0.4, -0.2) is 34.0 Å². The number of carbonyl (C=O) groups is 2. The van der Waals surface area contributed by atoms with Gasteiger partial charge in [0.2, 0.25) is 5.91 Å². The predicted molar refractivity (Wildman–Crippen MR) is 102 cm³/mol. The SMILES string of the molecule is COc1ccc2[nH]c(C)c(CC(=O)Nc3cc([N+](=O)[O-])ccc3C(=O)O)c2c1. The maximum Gasteiger partial charge on any atom is 0.337 e. The minimum absolute atomic E-state index is 0.0409. The third kappa shape index (κ3) is 3.63. The minimum atomic E-state index is -1.29. The molecule has 2 aromatic carbocycles. The van der Waals surface area contributed by atoms with Gasteiger partial charge in [0, 0.05) is 28.7 Å². The fraction of sp³-hybridized carbons (Fsp3) is 0.158. The fourth-order valence-electron chi connectivity index (χ4n) is 3.01. The summed E-state index contributed by atoms with van der Waals surface area (Å²) < 4.78 is 5.22. The van der Waals surface area contributed by atoms with E-state index in [1.165, 1.54) is 0 Å². The zero-order valence-electron chi connectivity index (χ0n) is 15.1. The number of hydrogen-bond acceptors (Lipinski definition) is 5. The van der Waals surface area contributed by atoms with Gasteiger partial charge in [-0.15, -0.1) is 0 Å². The Labute approximate surface area is 159 Å². The van der Waals surface area contributed by atoms with Crippen LogP contribution in [0.15, 0.2) is 36.4 Å². The number of H-pyrrole nitrogens is 1. The largest absolute Gasteiger partial charge is 0.497 e. The molecule has 1 aromatic heterocycles. The number of anilines is 1. The maximum absolute atomic E-state index is 12.6. The number of rotatable bonds is 6. The summed E-state index contributed by atoms with van der Waals surface area (Å²) in [5, 5.41) is 23.5. The molecule has 0 fully saturated rings. The van der Waals surface area contributed by atoms with E-state index >= 15 is 0 Å². The van der Waals surface area contributed by atoms with Gasteiger partial charge in [-0.25, -0.2) is 4.79 Å². The first-order valence-corrected chi connectivity index (χ1v) is 8.27. The van der Waals surface area contributed by atoms with Crippen LogP contribution in [0, 0.1) is 17.0 Å². The second-order valence-corrected chi connectivity index (χ2v) is 6.16. The number of carbonyl (C=O) groups excluding carboxylic acids is 1. The standard InChI is InChI=1S/C19H17N3O6/c1-10-14(15-8-12(28-2)4-6-16(15)20-10)9-18(23)21-17-7-11(22(26)27)3-5-13(17)19(24)25/h3-8,20H,9H2,1-2H3,(H,21,23)(H,24,25). The highest BCUT2D eigenvalue weighted by atomic mass is 16.6. The number of carboxylic acid groups (broad SMARTS) is 1. The zero-order valence-corrected chi connectivity index (χ0v) is 15.1. The highest BCUT2D eigenvalue weighted by molar-refractivity contribution is 6.02. The van der Waals surface area contributed by atoms with E-state index in [4.69, 9.17) is 4.74 Å². The lowest BCUT2D eigenvalue weighted by molar-refractivity contribution is -0.384. The number of nitro benzene ring substituents is 1. The number of methoxy groups -OCH3 is 1. The highest BCUT2D eigenvalue weighted by Crippen LogP contribution is 2.28. The van der Waals surface area contributed by atoms with Crippen molar-refractivity contribution in [3.05, 3.63) is 63.3 Å². The monoisotopic (exact) mass is 383 g/mol. The second-order valence-electron chi connectivity index (χ2n) is 6.16. The number of aryl methyl sites for hydroxylation is 1. The molecule has 28 heavy (non-hydrogen) atoms. The Kier molecular flexibility index (Phi) is 4.99. The second kappa shape index (κ2) is 7.39. The minimum Gasteiger partial charge on any atom is -0.497 e. The van der Waals surface area contributed by atoms with E-state index in [2.05, 4.69) is 10.3 Å². The van der Waals surface area contributed by atoms with Crippen LogP contribution >= 0.6 is 0 Å². The van der Waals surface area contributed by atoms with Gasteiger partial charge < -0.3 is 20.1 Å². The molecule has 0 aliphatic rings. The average Bonchev–Trinajstić information content (AvgIpc) is 2.95. The summed E-state index contributed by atoms with van der Waals surface area (Å²) in [5.41, 5.74) is 1.69. The van der Waals surface area contributed by atoms with E-state index in [-0.39, 0.29) is 23.4 Å². The van der Waals surface area contributed by atoms with Crippen LogP contribution in [0.4, 0.5) is 11.4 Å². The Morgan fingerprint density at radius 1 is 1.25 bits per heavy atom. The van der Waals surface area contributed by atoms with E-state index < -0.39 is 16.8 Å². The van der Waals surface area contributed by atoms with Crippen molar-refractivity contribution in [2.24, 2.45) is 0 Å². The van der Waals surface area contributed by atoms with Gasteiger partial charge in [-0.3, -0.25) is 14.9 Å². The smallest absolute Gasteiger partial charge is 0.337 e. The molecule has 0 spiro atoms. The number of hydrogen-bond donors (Lipinski definition) is 3. The lowest BCUT2D eigenvalue weighted by Crippen LogP contribution is -2.17. The molecule has 1 amide bonds. The number of aromatic carboxylic acids is 1. The van der Waals surface area contributed by atoms with Crippen LogP contribution in [0.5, 0.6) is 5.75 Å². The fourth-order valence-corrected chi connectivity index (χ4v) is 3.01. The Morgan fingerprint density at radius 3 is 2.64 bits per heavy atom. The van der Waals surface area contributed by atoms with E-state index in [0.717, 1.165) is 40.4 Å². The number of carboxylic acids is 1. The van der Waals surface area contributed by atoms with Crippen molar-refractivity contribution in [3.63, 3.8) is 0 Å². The van der Waals surface area contributed by atoms with Crippen molar-refractivity contribution < 1.29 is 24.4 Å². The van der Waals surface area contributed by atoms with Crippen molar-refractivity contribution in [2.75, 3.05) is 12.4 Å². The molecule has 0 saturated heterocycles. The van der Waals surface area contributed by atoms with E-state index in [0.29, 0.717) is 5.75 Å². The number of aromatic amines is 1. The van der Waals surface area contributed by atoms with Gasteiger partial charge in [-0.1, -0.05) is 0 Å². The van der Waals surface area contributed by atoms with Crippen molar-refractivity contribution in [1.82, 2.24) is 4.98 Å². The lowest BCUT2D eigenvalue weighted by atomic mass is 10.1. The Morgan fingerprint density at radius 2 is 2.00 bits per heavy atom.